The lowest BCUT2D eigenvalue weighted by Crippen LogP contribution is -2.69. The highest BCUT2D eigenvalue weighted by Crippen LogP contribution is 2.76. The zero-order valence-corrected chi connectivity index (χ0v) is 43.8. The van der Waals surface area contributed by atoms with E-state index in [1.807, 2.05) is 44.3 Å². The van der Waals surface area contributed by atoms with Crippen molar-refractivity contribution in [3.05, 3.63) is 47.7 Å². The van der Waals surface area contributed by atoms with Crippen LogP contribution in [0.2, 0.25) is 0 Å². The lowest BCUT2D eigenvalue weighted by atomic mass is 9.33. The van der Waals surface area contributed by atoms with Gasteiger partial charge in [-0.25, -0.2) is 0 Å². The molecule has 10 N–H and O–H groups in total. The number of carbonyl (C=O) groups is 3. The number of ether oxygens (including phenoxy) is 6. The highest BCUT2D eigenvalue weighted by atomic mass is 16.7. The Morgan fingerprint density at radius 2 is 1.54 bits per heavy atom. The standard InChI is InChI=1S/C55H80N2O17/c1-50(49(68)70-7)16-18-55(48(67)57-29(21-39(61)69-6)20-28-24-56-33-11-9-8-10-30(28)33)19-17-53(4)31(32(55)22-50)12-13-38-51(2)23-34(60)45(52(3,27-59)37(51)14-15-54(38,53)5)74-46-43(65)41(63)36(26-71-46)73-47-44(66)42(64)40(62)35(25-58)72-47/h8-12,24,29,32,34-38,40-47,56,58-60,62-66H,13-23,25-27H2,1-7H3,(H,57,67)/t29-,32+,34+,35-,36-,37-,38-,40-,41+,42+,43-,44-,45+,46+,47+,50+,51+,52+,53-,54-,55+/m1/s1. The van der Waals surface area contributed by atoms with Crippen LogP contribution < -0.4 is 5.32 Å². The molecule has 0 spiro atoms. The molecule has 7 aliphatic rings. The number of rotatable bonds is 13. The summed E-state index contributed by atoms with van der Waals surface area (Å²) in [5.74, 6) is -1.39. The van der Waals surface area contributed by atoms with E-state index >= 15 is 4.79 Å². The first-order chi connectivity index (χ1) is 35.0. The Balaban J connectivity index is 0.969. The van der Waals surface area contributed by atoms with E-state index in [-0.39, 0.29) is 54.7 Å². The topological polar surface area (TPSA) is 296 Å². The Morgan fingerprint density at radius 1 is 0.824 bits per heavy atom. The van der Waals surface area contributed by atoms with E-state index in [4.69, 9.17) is 28.4 Å². The highest BCUT2D eigenvalue weighted by molar-refractivity contribution is 5.87. The van der Waals surface area contributed by atoms with Gasteiger partial charge in [0.25, 0.3) is 0 Å². The van der Waals surface area contributed by atoms with E-state index < -0.39 is 113 Å². The van der Waals surface area contributed by atoms with E-state index in [0.717, 1.165) is 28.5 Å². The number of benzene rings is 1. The molecule has 2 saturated heterocycles. The third-order valence-corrected chi connectivity index (χ3v) is 20.6. The molecule has 3 heterocycles. The molecule has 74 heavy (non-hydrogen) atoms. The van der Waals surface area contributed by atoms with Crippen molar-refractivity contribution < 1.29 is 83.7 Å². The minimum absolute atomic E-state index is 0.000150. The Kier molecular flexibility index (Phi) is 15.2. The number of aliphatic hydroxyl groups is 8. The number of para-hydroxylation sites is 1. The van der Waals surface area contributed by atoms with Crippen molar-refractivity contribution in [3.63, 3.8) is 0 Å². The first-order valence-electron chi connectivity index (χ1n) is 26.6. The van der Waals surface area contributed by atoms with Crippen LogP contribution in [-0.4, -0.2) is 171 Å². The van der Waals surface area contributed by atoms with Crippen molar-refractivity contribution in [3.8, 4) is 0 Å². The Morgan fingerprint density at radius 3 is 2.24 bits per heavy atom. The van der Waals surface area contributed by atoms with E-state index in [2.05, 4.69) is 37.1 Å². The zero-order chi connectivity index (χ0) is 53.5. The summed E-state index contributed by atoms with van der Waals surface area (Å²) in [6.07, 6.45) is -6.79. The molecule has 1 aromatic heterocycles. The van der Waals surface area contributed by atoms with Gasteiger partial charge in [0.1, 0.15) is 42.7 Å². The van der Waals surface area contributed by atoms with Gasteiger partial charge >= 0.3 is 11.9 Å². The van der Waals surface area contributed by atoms with Gasteiger partial charge in [-0.05, 0) is 117 Å². The number of H-pyrrole nitrogens is 1. The van der Waals surface area contributed by atoms with Crippen LogP contribution in [0.3, 0.4) is 0 Å². The second-order valence-electron chi connectivity index (χ2n) is 24.3. The molecule has 21 atom stereocenters. The molecule has 4 saturated carbocycles. The summed E-state index contributed by atoms with van der Waals surface area (Å²) < 4.78 is 34.1. The average molecular weight is 1040 g/mol. The summed E-state index contributed by atoms with van der Waals surface area (Å²) in [4.78, 5) is 45.4. The number of aromatic amines is 1. The van der Waals surface area contributed by atoms with Crippen LogP contribution in [0.5, 0.6) is 0 Å². The maximum atomic E-state index is 15.4. The summed E-state index contributed by atoms with van der Waals surface area (Å²) in [5, 5.41) is 91.5. The fourth-order valence-electron chi connectivity index (χ4n) is 16.2. The highest BCUT2D eigenvalue weighted by Gasteiger charge is 2.71. The van der Waals surface area contributed by atoms with Crippen LogP contribution in [0, 0.1) is 50.2 Å². The molecular formula is C55H80N2O17. The molecular weight excluding hydrogens is 961 g/mol. The fourth-order valence-corrected chi connectivity index (χ4v) is 16.2. The van der Waals surface area contributed by atoms with E-state index in [1.54, 1.807) is 0 Å². The van der Waals surface area contributed by atoms with Gasteiger partial charge in [-0.15, -0.1) is 0 Å². The molecule has 5 aliphatic carbocycles. The molecule has 2 aromatic rings. The predicted molar refractivity (Wildman–Crippen MR) is 264 cm³/mol. The van der Waals surface area contributed by atoms with Crippen molar-refractivity contribution in [2.45, 2.75) is 179 Å². The summed E-state index contributed by atoms with van der Waals surface area (Å²) in [6.45, 7) is 9.27. The summed E-state index contributed by atoms with van der Waals surface area (Å²) in [5.41, 5.74) is -1.06. The molecule has 2 aliphatic heterocycles. The normalized spacial score (nSPS) is 45.4. The lowest BCUT2D eigenvalue weighted by molar-refractivity contribution is -0.357. The number of aliphatic hydroxyl groups excluding tert-OH is 8. The maximum absolute atomic E-state index is 15.4. The predicted octanol–water partition coefficient (Wildman–Crippen LogP) is 2.30. The molecule has 1 aromatic carbocycles. The van der Waals surface area contributed by atoms with E-state index in [9.17, 15) is 50.4 Å². The molecule has 19 nitrogen and oxygen atoms in total. The third kappa shape index (κ3) is 8.76. The molecule has 19 heteroatoms. The number of hydrogen-bond acceptors (Lipinski definition) is 17. The largest absolute Gasteiger partial charge is 0.469 e. The van der Waals surface area contributed by atoms with Crippen molar-refractivity contribution in [1.29, 1.82) is 0 Å². The summed E-state index contributed by atoms with van der Waals surface area (Å²) in [6, 6.07) is 7.34. The quantitative estimate of drug-likeness (QED) is 0.0782. The van der Waals surface area contributed by atoms with Crippen LogP contribution in [0.25, 0.3) is 10.9 Å². The van der Waals surface area contributed by atoms with Gasteiger partial charge in [0.05, 0.1) is 63.5 Å². The van der Waals surface area contributed by atoms with Gasteiger partial charge in [0.2, 0.25) is 5.91 Å². The Hall–Kier alpha value is -3.57. The zero-order valence-electron chi connectivity index (χ0n) is 43.8. The average Bonchev–Trinajstić information content (AvgIpc) is 3.79. The Bertz CT molecular complexity index is 2430. The van der Waals surface area contributed by atoms with Crippen molar-refractivity contribution in [2.24, 2.45) is 50.2 Å². The second kappa shape index (κ2) is 20.3. The number of nitrogens with one attached hydrogen (secondary N) is 2. The van der Waals surface area contributed by atoms with E-state index in [0.29, 0.717) is 57.8 Å². The van der Waals surface area contributed by atoms with Crippen LogP contribution >= 0.6 is 0 Å². The van der Waals surface area contributed by atoms with Crippen LogP contribution in [0.1, 0.15) is 104 Å². The number of esters is 2. The molecule has 412 valence electrons. The third-order valence-electron chi connectivity index (χ3n) is 20.6. The van der Waals surface area contributed by atoms with E-state index in [1.165, 1.54) is 14.2 Å². The summed E-state index contributed by atoms with van der Waals surface area (Å²) in [7, 11) is 2.75. The van der Waals surface area contributed by atoms with Crippen LogP contribution in [0.4, 0.5) is 0 Å². The number of fused-ring (bicyclic) bond motifs is 8. The van der Waals surface area contributed by atoms with Gasteiger partial charge < -0.3 is 79.6 Å². The Labute approximate surface area is 432 Å². The minimum Gasteiger partial charge on any atom is -0.469 e. The number of carbonyl (C=O) groups excluding carboxylic acids is 3. The number of aromatic nitrogens is 1. The van der Waals surface area contributed by atoms with Crippen molar-refractivity contribution >= 4 is 28.7 Å². The van der Waals surface area contributed by atoms with Crippen LogP contribution in [-0.2, 0) is 49.2 Å². The summed E-state index contributed by atoms with van der Waals surface area (Å²) >= 11 is 0. The number of hydrogen-bond donors (Lipinski definition) is 10. The van der Waals surface area contributed by atoms with Gasteiger partial charge in [0.15, 0.2) is 12.6 Å². The van der Waals surface area contributed by atoms with Gasteiger partial charge in [-0.2, -0.15) is 0 Å². The fraction of sp³-hybridized carbons (Fsp3) is 0.764. The molecule has 0 radical (unpaired) electrons. The smallest absolute Gasteiger partial charge is 0.311 e. The molecule has 9 rings (SSSR count). The van der Waals surface area contributed by atoms with Crippen LogP contribution in [0.15, 0.2) is 42.1 Å². The van der Waals surface area contributed by atoms with Crippen molar-refractivity contribution in [2.75, 3.05) is 34.0 Å². The van der Waals surface area contributed by atoms with Gasteiger partial charge in [0, 0.05) is 28.6 Å². The van der Waals surface area contributed by atoms with Crippen molar-refractivity contribution in [1.82, 2.24) is 10.3 Å². The molecule has 1 amide bonds. The van der Waals surface area contributed by atoms with Gasteiger partial charge in [-0.1, -0.05) is 57.5 Å². The molecule has 0 bridgehead atoms. The SMILES string of the molecule is COC(=O)C[C@@H](Cc1c[nH]c2ccccc12)NC(=O)[C@]12CC[C@](C)(C(=O)OC)C[C@H]1C1=CC[C@@H]3[C@@]4(C)C[C@H](O)[C@H](O[C@@H]5OC[C@@H](O[C@@H]6O[C@H](CO)[C@@H](O)[C@H](O)[C@H]6O)[C@H](O)[C@H]5O)[C@@](C)(CO)[C@@H]4CC[C@@]3(C)[C@]1(C)CC2. The minimum atomic E-state index is -1.75. The first kappa shape index (κ1) is 55.2. The number of allylic oxidation sites excluding steroid dienone is 2. The second-order valence-corrected chi connectivity index (χ2v) is 24.3. The monoisotopic (exact) mass is 1040 g/mol. The first-order valence-corrected chi connectivity index (χ1v) is 26.6. The molecule has 6 fully saturated rings. The lowest BCUT2D eigenvalue weighted by Gasteiger charge is -2.72. The number of methoxy groups -OCH3 is 2. The maximum Gasteiger partial charge on any atom is 0.311 e. The number of amides is 1. The van der Waals surface area contributed by atoms with Gasteiger partial charge in [-0.3, -0.25) is 14.4 Å². The molecule has 0 unspecified atom stereocenters.